The maximum Gasteiger partial charge on any atom is 0.325 e. The first-order chi connectivity index (χ1) is 16.3. The van der Waals surface area contributed by atoms with E-state index in [9.17, 15) is 13.2 Å². The summed E-state index contributed by atoms with van der Waals surface area (Å²) in [7, 11) is -4.02. The Hall–Kier alpha value is -3.69. The highest BCUT2D eigenvalue weighted by Crippen LogP contribution is 2.29. The van der Waals surface area contributed by atoms with E-state index in [0.717, 1.165) is 11.1 Å². The van der Waals surface area contributed by atoms with Gasteiger partial charge in [0.05, 0.1) is 17.2 Å². The van der Waals surface area contributed by atoms with Crippen molar-refractivity contribution in [2.45, 2.75) is 10.8 Å². The molecule has 0 saturated heterocycles. The molecule has 3 aromatic rings. The molecule has 0 bridgehead atoms. The molecule has 8 nitrogen and oxygen atoms in total. The third-order valence-corrected chi connectivity index (χ3v) is 6.74. The molecule has 174 valence electrons. The number of rotatable bonds is 6. The lowest BCUT2D eigenvalue weighted by molar-refractivity contribution is -0.135. The highest BCUT2D eigenvalue weighted by atomic mass is 35.5. The summed E-state index contributed by atoms with van der Waals surface area (Å²) in [6, 6.07) is 24.6. The van der Waals surface area contributed by atoms with Gasteiger partial charge in [0.1, 0.15) is 6.54 Å². The Labute approximate surface area is 202 Å². The number of benzene rings is 3. The predicted octanol–water partition coefficient (Wildman–Crippen LogP) is 3.56. The minimum Gasteiger partial charge on any atom is -0.480 e. The van der Waals surface area contributed by atoms with Gasteiger partial charge in [-0.15, -0.1) is 0 Å². The average molecular weight is 497 g/mol. The largest absolute Gasteiger partial charge is 0.480 e. The van der Waals surface area contributed by atoms with Gasteiger partial charge in [-0.05, 0) is 35.4 Å². The molecule has 1 aliphatic rings. The first-order valence-corrected chi connectivity index (χ1v) is 12.2. The molecular formula is C24H21ClN4O4S. The van der Waals surface area contributed by atoms with Gasteiger partial charge in [-0.2, -0.15) is 5.10 Å². The molecule has 1 heterocycles. The van der Waals surface area contributed by atoms with Gasteiger partial charge in [-0.25, -0.2) is 23.1 Å². The van der Waals surface area contributed by atoms with Crippen molar-refractivity contribution >= 4 is 39.3 Å². The molecule has 1 atom stereocenters. The monoisotopic (exact) mass is 496 g/mol. The number of sulfonamides is 1. The molecule has 4 rings (SSSR count). The second-order valence-electron chi connectivity index (χ2n) is 7.49. The lowest BCUT2D eigenvalue weighted by Crippen LogP contribution is -2.41. The molecule has 3 aromatic carbocycles. The number of hydrogen-bond acceptors (Lipinski definition) is 5. The molecule has 0 aromatic heterocycles. The van der Waals surface area contributed by atoms with E-state index in [1.807, 2.05) is 42.5 Å². The number of nitrogens with one attached hydrogen (secondary N) is 1. The molecule has 0 spiro atoms. The number of carbonyl (C=O) groups is 1. The molecule has 0 aliphatic carbocycles. The molecule has 10 heteroatoms. The number of hydrazone groups is 1. The van der Waals surface area contributed by atoms with Crippen LogP contribution in [0.15, 0.2) is 99.9 Å². The SMILES string of the molecule is O=C(O)CN=C(NS(=O)(=O)c1ccccc1)N1CC(c2ccccc2)C(c2ccc(Cl)cc2)=N1. The van der Waals surface area contributed by atoms with Crippen LogP contribution in [0.2, 0.25) is 5.02 Å². The number of guanidine groups is 1. The Morgan fingerprint density at radius 3 is 2.26 bits per heavy atom. The normalized spacial score (nSPS) is 16.3. The van der Waals surface area contributed by atoms with Crippen LogP contribution in [0.1, 0.15) is 17.0 Å². The number of nitrogens with zero attached hydrogens (tertiary/aromatic N) is 3. The highest BCUT2D eigenvalue weighted by Gasteiger charge is 2.33. The number of carboxylic acids is 1. The third-order valence-electron chi connectivity index (χ3n) is 5.14. The first-order valence-electron chi connectivity index (χ1n) is 10.3. The molecule has 1 aliphatic heterocycles. The van der Waals surface area contributed by atoms with E-state index in [1.165, 1.54) is 17.1 Å². The lowest BCUT2D eigenvalue weighted by atomic mass is 9.91. The number of halogens is 1. The van der Waals surface area contributed by atoms with Crippen LogP contribution in [0.25, 0.3) is 0 Å². The molecule has 1 unspecified atom stereocenters. The van der Waals surface area contributed by atoms with Crippen LogP contribution in [-0.2, 0) is 14.8 Å². The van der Waals surface area contributed by atoms with Crippen molar-refractivity contribution in [2.75, 3.05) is 13.1 Å². The fourth-order valence-corrected chi connectivity index (χ4v) is 4.72. The van der Waals surface area contributed by atoms with Crippen molar-refractivity contribution in [1.82, 2.24) is 9.73 Å². The molecule has 0 fully saturated rings. The molecule has 0 saturated carbocycles. The second kappa shape index (κ2) is 10.1. The quantitative estimate of drug-likeness (QED) is 0.400. The van der Waals surface area contributed by atoms with E-state index in [1.54, 1.807) is 30.3 Å². The zero-order chi connectivity index (χ0) is 24.1. The number of carboxylic acid groups (broad SMARTS) is 1. The first kappa shape index (κ1) is 23.5. The number of hydrogen-bond donors (Lipinski definition) is 2. The van der Waals surface area contributed by atoms with Gasteiger partial charge in [0.25, 0.3) is 10.0 Å². The van der Waals surface area contributed by atoms with Crippen LogP contribution >= 0.6 is 11.6 Å². The van der Waals surface area contributed by atoms with E-state index < -0.39 is 22.5 Å². The Morgan fingerprint density at radius 2 is 1.65 bits per heavy atom. The zero-order valence-corrected chi connectivity index (χ0v) is 19.4. The summed E-state index contributed by atoms with van der Waals surface area (Å²) in [4.78, 5) is 15.2. The third kappa shape index (κ3) is 5.44. The zero-order valence-electron chi connectivity index (χ0n) is 17.9. The Balaban J connectivity index is 1.74. The van der Waals surface area contributed by atoms with Gasteiger partial charge in [0.15, 0.2) is 0 Å². The summed E-state index contributed by atoms with van der Waals surface area (Å²) >= 11 is 6.05. The van der Waals surface area contributed by atoms with Crippen LogP contribution in [0.4, 0.5) is 0 Å². The maximum atomic E-state index is 13.0. The summed E-state index contributed by atoms with van der Waals surface area (Å²) in [6.45, 7) is -0.358. The Morgan fingerprint density at radius 1 is 1.03 bits per heavy atom. The van der Waals surface area contributed by atoms with Gasteiger partial charge in [0, 0.05) is 10.9 Å². The second-order valence-corrected chi connectivity index (χ2v) is 9.61. The van der Waals surface area contributed by atoms with E-state index in [2.05, 4.69) is 14.8 Å². The fourth-order valence-electron chi connectivity index (χ4n) is 3.55. The summed E-state index contributed by atoms with van der Waals surface area (Å²) < 4.78 is 28.3. The van der Waals surface area contributed by atoms with Crippen LogP contribution < -0.4 is 4.72 Å². The summed E-state index contributed by atoms with van der Waals surface area (Å²) in [6.07, 6.45) is 0. The number of aliphatic imine (C=N–C) groups is 1. The summed E-state index contributed by atoms with van der Waals surface area (Å²) in [5.41, 5.74) is 2.47. The van der Waals surface area contributed by atoms with Gasteiger partial charge in [-0.1, -0.05) is 72.3 Å². The van der Waals surface area contributed by atoms with Crippen molar-refractivity contribution in [2.24, 2.45) is 10.1 Å². The van der Waals surface area contributed by atoms with Crippen LogP contribution in [0.3, 0.4) is 0 Å². The fraction of sp³-hybridized carbons (Fsp3) is 0.125. The van der Waals surface area contributed by atoms with Crippen molar-refractivity contribution in [3.63, 3.8) is 0 Å². The number of aliphatic carboxylic acids is 1. The smallest absolute Gasteiger partial charge is 0.325 e. The summed E-state index contributed by atoms with van der Waals surface area (Å²) in [5, 5.41) is 15.8. The standard InChI is InChI=1S/C24H21ClN4O4S/c25-19-13-11-18(12-14-19)23-21(17-7-3-1-4-8-17)16-29(27-23)24(26-15-22(30)31)28-34(32,33)20-9-5-2-6-10-20/h1-14,21H,15-16H2,(H,26,28)(H,30,31). The van der Waals surface area contributed by atoms with E-state index in [4.69, 9.17) is 16.7 Å². The highest BCUT2D eigenvalue weighted by molar-refractivity contribution is 7.90. The van der Waals surface area contributed by atoms with Crippen molar-refractivity contribution in [1.29, 1.82) is 0 Å². The van der Waals surface area contributed by atoms with Gasteiger partial charge in [-0.3, -0.25) is 4.79 Å². The van der Waals surface area contributed by atoms with Crippen LogP contribution in [-0.4, -0.2) is 49.3 Å². The van der Waals surface area contributed by atoms with E-state index >= 15 is 0 Å². The topological polar surface area (TPSA) is 111 Å². The molecule has 0 radical (unpaired) electrons. The van der Waals surface area contributed by atoms with E-state index in [0.29, 0.717) is 10.7 Å². The van der Waals surface area contributed by atoms with Crippen LogP contribution in [0.5, 0.6) is 0 Å². The maximum absolute atomic E-state index is 13.0. The average Bonchev–Trinajstić information content (AvgIpc) is 3.29. The van der Waals surface area contributed by atoms with Crippen LogP contribution in [0, 0.1) is 0 Å². The predicted molar refractivity (Wildman–Crippen MR) is 131 cm³/mol. The molecular weight excluding hydrogens is 476 g/mol. The van der Waals surface area contributed by atoms with Gasteiger partial charge < -0.3 is 5.11 Å². The van der Waals surface area contributed by atoms with Crippen molar-refractivity contribution in [3.8, 4) is 0 Å². The van der Waals surface area contributed by atoms with Gasteiger partial charge in [0.2, 0.25) is 5.96 Å². The molecule has 2 N–H and O–H groups in total. The summed E-state index contributed by atoms with van der Waals surface area (Å²) in [5.74, 6) is -1.58. The van der Waals surface area contributed by atoms with E-state index in [-0.39, 0.29) is 23.3 Å². The Kier molecular flexibility index (Phi) is 6.95. The minimum atomic E-state index is -4.02. The lowest BCUT2D eigenvalue weighted by Gasteiger charge is -2.19. The van der Waals surface area contributed by atoms with Crippen molar-refractivity contribution in [3.05, 3.63) is 101 Å². The molecule has 0 amide bonds. The van der Waals surface area contributed by atoms with Crippen molar-refractivity contribution < 1.29 is 18.3 Å². The molecule has 34 heavy (non-hydrogen) atoms. The Bertz CT molecular complexity index is 1330. The van der Waals surface area contributed by atoms with Gasteiger partial charge >= 0.3 is 5.97 Å². The minimum absolute atomic E-state index is 0.0266.